The maximum Gasteiger partial charge on any atom is 0.231 e. The van der Waals surface area contributed by atoms with Crippen molar-refractivity contribution in [1.82, 2.24) is 4.90 Å². The molecule has 2 aliphatic heterocycles. The van der Waals surface area contributed by atoms with E-state index >= 15 is 0 Å². The van der Waals surface area contributed by atoms with Crippen molar-refractivity contribution in [1.29, 1.82) is 0 Å². The van der Waals surface area contributed by atoms with Gasteiger partial charge in [0.1, 0.15) is 0 Å². The van der Waals surface area contributed by atoms with Crippen LogP contribution in [0.2, 0.25) is 0 Å². The van der Waals surface area contributed by atoms with Crippen LogP contribution in [0.5, 0.6) is 11.5 Å². The van der Waals surface area contributed by atoms with E-state index in [9.17, 15) is 5.11 Å². The smallest absolute Gasteiger partial charge is 0.231 e. The van der Waals surface area contributed by atoms with Crippen LogP contribution in [0.1, 0.15) is 37.4 Å². The Morgan fingerprint density at radius 3 is 3.00 bits per heavy atom. The second kappa shape index (κ2) is 6.07. The largest absolute Gasteiger partial charge is 0.454 e. The highest BCUT2D eigenvalue weighted by Crippen LogP contribution is 2.35. The van der Waals surface area contributed by atoms with Gasteiger partial charge in [-0.1, -0.05) is 18.9 Å². The zero-order chi connectivity index (χ0) is 14.9. The van der Waals surface area contributed by atoms with Gasteiger partial charge in [0.2, 0.25) is 6.79 Å². The van der Waals surface area contributed by atoms with E-state index in [2.05, 4.69) is 4.90 Å². The highest BCUT2D eigenvalue weighted by atomic mass is 16.7. The van der Waals surface area contributed by atoms with Crippen molar-refractivity contribution < 1.29 is 19.3 Å². The number of hydrogen-bond donors (Lipinski definition) is 1. The van der Waals surface area contributed by atoms with E-state index in [1.54, 1.807) is 0 Å². The summed E-state index contributed by atoms with van der Waals surface area (Å²) in [4.78, 5) is 2.41. The van der Waals surface area contributed by atoms with Crippen LogP contribution in [0.3, 0.4) is 0 Å². The van der Waals surface area contributed by atoms with Crippen molar-refractivity contribution in [3.63, 3.8) is 0 Å². The Labute approximate surface area is 130 Å². The van der Waals surface area contributed by atoms with Gasteiger partial charge in [0.25, 0.3) is 0 Å². The van der Waals surface area contributed by atoms with E-state index in [-0.39, 0.29) is 6.79 Å². The molecule has 22 heavy (non-hydrogen) atoms. The van der Waals surface area contributed by atoms with E-state index in [4.69, 9.17) is 14.2 Å². The summed E-state index contributed by atoms with van der Waals surface area (Å²) in [7, 11) is 0. The molecule has 1 aromatic rings. The SMILES string of the molecule is O[C@H](CN1CCO[C@@H]2CCCC[C@@H]21)c1ccc2c(c1)OCO2. The Hall–Kier alpha value is -1.30. The van der Waals surface area contributed by atoms with Gasteiger partial charge in [0.15, 0.2) is 11.5 Å². The van der Waals surface area contributed by atoms with Crippen LogP contribution in [0.25, 0.3) is 0 Å². The highest BCUT2D eigenvalue weighted by Gasteiger charge is 2.35. The zero-order valence-corrected chi connectivity index (χ0v) is 12.7. The minimum Gasteiger partial charge on any atom is -0.454 e. The number of β-amino-alcohol motifs (C(OH)–C–C–N with tert-alkyl or cyclic N) is 1. The van der Waals surface area contributed by atoms with Gasteiger partial charge in [-0.05, 0) is 30.5 Å². The van der Waals surface area contributed by atoms with Crippen molar-refractivity contribution in [2.75, 3.05) is 26.5 Å². The molecule has 1 N–H and O–H groups in total. The standard InChI is InChI=1S/C17H23NO4/c19-14(12-5-6-16-17(9-12)22-11-21-16)10-18-7-8-20-15-4-2-1-3-13(15)18/h5-6,9,13-15,19H,1-4,7-8,10-11H2/t13-,14+,15+/m0/s1. The summed E-state index contributed by atoms with van der Waals surface area (Å²) in [6.45, 7) is 2.60. The number of hydrogen-bond acceptors (Lipinski definition) is 5. The molecule has 0 aromatic heterocycles. The molecule has 4 rings (SSSR count). The maximum absolute atomic E-state index is 10.6. The fourth-order valence-electron chi connectivity index (χ4n) is 3.85. The Morgan fingerprint density at radius 1 is 1.18 bits per heavy atom. The van der Waals surface area contributed by atoms with Gasteiger partial charge < -0.3 is 19.3 Å². The highest BCUT2D eigenvalue weighted by molar-refractivity contribution is 5.45. The maximum atomic E-state index is 10.6. The Bertz CT molecular complexity index is 533. The Kier molecular flexibility index (Phi) is 3.94. The summed E-state index contributed by atoms with van der Waals surface area (Å²) in [5.74, 6) is 1.49. The van der Waals surface area contributed by atoms with E-state index in [1.807, 2.05) is 18.2 Å². The normalized spacial score (nSPS) is 29.1. The van der Waals surface area contributed by atoms with Gasteiger partial charge in [-0.2, -0.15) is 0 Å². The minimum atomic E-state index is -0.504. The van der Waals surface area contributed by atoms with Crippen molar-refractivity contribution in [2.45, 2.75) is 43.9 Å². The van der Waals surface area contributed by atoms with Crippen molar-refractivity contribution >= 4 is 0 Å². The number of benzene rings is 1. The van der Waals surface area contributed by atoms with Crippen LogP contribution < -0.4 is 9.47 Å². The van der Waals surface area contributed by atoms with Crippen LogP contribution in [0.15, 0.2) is 18.2 Å². The molecule has 1 aliphatic carbocycles. The summed E-state index contributed by atoms with van der Waals surface area (Å²) in [5.41, 5.74) is 0.892. The molecule has 2 fully saturated rings. The Balaban J connectivity index is 1.45. The van der Waals surface area contributed by atoms with E-state index < -0.39 is 6.10 Å². The summed E-state index contributed by atoms with van der Waals surface area (Å²) in [5, 5.41) is 10.6. The van der Waals surface area contributed by atoms with Gasteiger partial charge >= 0.3 is 0 Å². The fraction of sp³-hybridized carbons (Fsp3) is 0.647. The Morgan fingerprint density at radius 2 is 2.05 bits per heavy atom. The lowest BCUT2D eigenvalue weighted by molar-refractivity contribution is -0.0975. The lowest BCUT2D eigenvalue weighted by Gasteiger charge is -2.44. The molecule has 3 aliphatic rings. The van der Waals surface area contributed by atoms with Gasteiger partial charge in [-0.15, -0.1) is 0 Å². The van der Waals surface area contributed by atoms with E-state index in [0.29, 0.717) is 18.7 Å². The third-order valence-corrected chi connectivity index (χ3v) is 5.04. The van der Waals surface area contributed by atoms with Crippen LogP contribution >= 0.6 is 0 Å². The summed E-state index contributed by atoms with van der Waals surface area (Å²) in [6, 6.07) is 6.16. The van der Waals surface area contributed by atoms with Gasteiger partial charge in [0, 0.05) is 19.1 Å². The van der Waals surface area contributed by atoms with Crippen molar-refractivity contribution in [3.8, 4) is 11.5 Å². The van der Waals surface area contributed by atoms with Crippen LogP contribution in [-0.2, 0) is 4.74 Å². The van der Waals surface area contributed by atoms with E-state index in [0.717, 1.165) is 36.6 Å². The van der Waals surface area contributed by atoms with Crippen molar-refractivity contribution in [2.24, 2.45) is 0 Å². The molecule has 1 saturated heterocycles. The molecule has 0 bridgehead atoms. The molecule has 5 nitrogen and oxygen atoms in total. The fourth-order valence-corrected chi connectivity index (χ4v) is 3.85. The first kappa shape index (κ1) is 14.3. The lowest BCUT2D eigenvalue weighted by Crippen LogP contribution is -2.53. The molecule has 0 radical (unpaired) electrons. The molecule has 5 heteroatoms. The molecule has 120 valence electrons. The third-order valence-electron chi connectivity index (χ3n) is 5.04. The lowest BCUT2D eigenvalue weighted by atomic mass is 9.89. The molecule has 2 heterocycles. The monoisotopic (exact) mass is 305 g/mol. The quantitative estimate of drug-likeness (QED) is 0.927. The number of ether oxygens (including phenoxy) is 3. The number of fused-ring (bicyclic) bond motifs is 2. The second-order valence-electron chi connectivity index (χ2n) is 6.38. The zero-order valence-electron chi connectivity index (χ0n) is 12.7. The molecule has 3 atom stereocenters. The van der Waals surface area contributed by atoms with Gasteiger partial charge in [-0.3, -0.25) is 4.90 Å². The summed E-state index contributed by atoms with van der Waals surface area (Å²) >= 11 is 0. The number of morpholine rings is 1. The average molecular weight is 305 g/mol. The number of aliphatic hydroxyl groups excluding tert-OH is 1. The van der Waals surface area contributed by atoms with Crippen molar-refractivity contribution in [3.05, 3.63) is 23.8 Å². The minimum absolute atomic E-state index is 0.266. The first-order valence-corrected chi connectivity index (χ1v) is 8.24. The molecule has 0 unspecified atom stereocenters. The molecular formula is C17H23NO4. The topological polar surface area (TPSA) is 51.2 Å². The van der Waals surface area contributed by atoms with Gasteiger partial charge in [0.05, 0.1) is 18.8 Å². The predicted molar refractivity (Wildman–Crippen MR) is 81.1 cm³/mol. The number of aliphatic hydroxyl groups is 1. The molecule has 1 aromatic carbocycles. The molecule has 1 saturated carbocycles. The number of rotatable bonds is 3. The van der Waals surface area contributed by atoms with Crippen LogP contribution in [0.4, 0.5) is 0 Å². The first-order chi connectivity index (χ1) is 10.8. The summed E-state index contributed by atoms with van der Waals surface area (Å²) in [6.07, 6.45) is 4.71. The van der Waals surface area contributed by atoms with E-state index in [1.165, 1.54) is 19.3 Å². The first-order valence-electron chi connectivity index (χ1n) is 8.24. The molecule has 0 amide bonds. The molecular weight excluding hydrogens is 282 g/mol. The third kappa shape index (κ3) is 2.69. The van der Waals surface area contributed by atoms with Crippen LogP contribution in [0, 0.1) is 0 Å². The number of nitrogens with zero attached hydrogens (tertiary/aromatic N) is 1. The second-order valence-corrected chi connectivity index (χ2v) is 6.38. The molecule has 0 spiro atoms. The van der Waals surface area contributed by atoms with Gasteiger partial charge in [-0.25, -0.2) is 0 Å². The van der Waals surface area contributed by atoms with Crippen LogP contribution in [-0.4, -0.2) is 48.6 Å². The summed E-state index contributed by atoms with van der Waals surface area (Å²) < 4.78 is 16.6. The predicted octanol–water partition coefficient (Wildman–Crippen LogP) is 2.09. The average Bonchev–Trinajstić information content (AvgIpc) is 3.02.